The average Bonchev–Trinajstić information content (AvgIpc) is 3.16. The van der Waals surface area contributed by atoms with E-state index >= 15 is 0 Å². The van der Waals surface area contributed by atoms with E-state index < -0.39 is 0 Å². The van der Waals surface area contributed by atoms with Gasteiger partial charge in [0, 0.05) is 12.4 Å². The largest absolute Gasteiger partial charge is 0.318 e. The van der Waals surface area contributed by atoms with Crippen molar-refractivity contribution < 1.29 is 4.79 Å². The van der Waals surface area contributed by atoms with E-state index in [4.69, 9.17) is 0 Å². The van der Waals surface area contributed by atoms with Crippen molar-refractivity contribution in [1.82, 2.24) is 29.5 Å². The first-order valence-electron chi connectivity index (χ1n) is 7.13. The average molecular weight is 317 g/mol. The summed E-state index contributed by atoms with van der Waals surface area (Å²) in [6.07, 6.45) is 9.45. The lowest BCUT2D eigenvalue weighted by Gasteiger charge is -2.05. The van der Waals surface area contributed by atoms with Crippen LogP contribution in [0.25, 0.3) is 17.0 Å². The van der Waals surface area contributed by atoms with Gasteiger partial charge in [-0.3, -0.25) is 14.3 Å². The molecule has 0 saturated heterocycles. The van der Waals surface area contributed by atoms with Crippen molar-refractivity contribution in [3.63, 3.8) is 0 Å². The Morgan fingerprint density at radius 2 is 1.79 bits per heavy atom. The van der Waals surface area contributed by atoms with Crippen molar-refractivity contribution in [3.05, 3.63) is 67.3 Å². The molecule has 0 aliphatic heterocycles. The van der Waals surface area contributed by atoms with Gasteiger partial charge in [0.25, 0.3) is 5.91 Å². The highest BCUT2D eigenvalue weighted by atomic mass is 16.1. The van der Waals surface area contributed by atoms with Crippen LogP contribution in [0.5, 0.6) is 0 Å². The fraction of sp³-hybridized carbons (Fsp3) is 0. The summed E-state index contributed by atoms with van der Waals surface area (Å²) >= 11 is 0. The van der Waals surface area contributed by atoms with Crippen LogP contribution in [-0.2, 0) is 0 Å². The van der Waals surface area contributed by atoms with Gasteiger partial charge in [-0.1, -0.05) is 12.1 Å². The topological polar surface area (TPSA) is 98.5 Å². The molecule has 0 aliphatic rings. The Balaban J connectivity index is 1.54. The maximum absolute atomic E-state index is 12.3. The van der Waals surface area contributed by atoms with Crippen LogP contribution in [-0.4, -0.2) is 35.4 Å². The van der Waals surface area contributed by atoms with Gasteiger partial charge in [-0.2, -0.15) is 0 Å². The van der Waals surface area contributed by atoms with Gasteiger partial charge in [0.1, 0.15) is 12.0 Å². The minimum atomic E-state index is -0.368. The van der Waals surface area contributed by atoms with Gasteiger partial charge in [-0.05, 0) is 12.1 Å². The molecule has 0 spiro atoms. The summed E-state index contributed by atoms with van der Waals surface area (Å²) < 4.78 is 1.67. The Kier molecular flexibility index (Phi) is 3.39. The molecule has 4 aromatic rings. The number of benzene rings is 1. The number of carbonyl (C=O) groups is 1. The molecule has 116 valence electrons. The Bertz CT molecular complexity index is 997. The van der Waals surface area contributed by atoms with Gasteiger partial charge >= 0.3 is 0 Å². The zero-order valence-electron chi connectivity index (χ0n) is 12.4. The highest BCUT2D eigenvalue weighted by Gasteiger charge is 2.10. The van der Waals surface area contributed by atoms with E-state index in [-0.39, 0.29) is 11.6 Å². The van der Waals surface area contributed by atoms with Crippen molar-refractivity contribution >= 4 is 22.6 Å². The number of hydrogen-bond donors (Lipinski definition) is 1. The van der Waals surface area contributed by atoms with Crippen LogP contribution in [0.4, 0.5) is 5.69 Å². The molecule has 0 saturated carbocycles. The van der Waals surface area contributed by atoms with Gasteiger partial charge in [0.15, 0.2) is 0 Å². The van der Waals surface area contributed by atoms with E-state index in [0.29, 0.717) is 17.2 Å². The lowest BCUT2D eigenvalue weighted by Crippen LogP contribution is -2.15. The fourth-order valence-corrected chi connectivity index (χ4v) is 2.16. The highest BCUT2D eigenvalue weighted by Crippen LogP contribution is 2.11. The lowest BCUT2D eigenvalue weighted by atomic mass is 10.3. The first kappa shape index (κ1) is 13.9. The molecule has 4 rings (SSSR count). The minimum Gasteiger partial charge on any atom is -0.318 e. The van der Waals surface area contributed by atoms with Crippen molar-refractivity contribution in [2.45, 2.75) is 0 Å². The van der Waals surface area contributed by atoms with Crippen molar-refractivity contribution in [2.24, 2.45) is 0 Å². The first-order valence-corrected chi connectivity index (χ1v) is 7.13. The predicted molar refractivity (Wildman–Crippen MR) is 86.6 cm³/mol. The number of carbonyl (C=O) groups excluding carboxylic acids is 1. The molecule has 0 fully saturated rings. The van der Waals surface area contributed by atoms with Crippen LogP contribution in [0.3, 0.4) is 0 Å². The second-order valence-electron chi connectivity index (χ2n) is 4.94. The summed E-state index contributed by atoms with van der Waals surface area (Å²) in [4.78, 5) is 33.1. The van der Waals surface area contributed by atoms with Crippen LogP contribution in [0.1, 0.15) is 10.5 Å². The van der Waals surface area contributed by atoms with E-state index in [1.807, 2.05) is 24.3 Å². The van der Waals surface area contributed by atoms with Gasteiger partial charge in [0.2, 0.25) is 5.95 Å². The smallest absolute Gasteiger partial charge is 0.275 e. The Labute approximate surface area is 136 Å². The van der Waals surface area contributed by atoms with Crippen LogP contribution in [0.2, 0.25) is 0 Å². The molecular weight excluding hydrogens is 306 g/mol. The van der Waals surface area contributed by atoms with Crippen LogP contribution >= 0.6 is 0 Å². The number of hydrogen-bond acceptors (Lipinski definition) is 6. The van der Waals surface area contributed by atoms with Gasteiger partial charge < -0.3 is 5.32 Å². The van der Waals surface area contributed by atoms with Crippen LogP contribution < -0.4 is 5.32 Å². The summed E-state index contributed by atoms with van der Waals surface area (Å²) in [5.41, 5.74) is 2.10. The maximum atomic E-state index is 12.3. The molecule has 0 bridgehead atoms. The third-order valence-electron chi connectivity index (χ3n) is 3.31. The monoisotopic (exact) mass is 317 g/mol. The lowest BCUT2D eigenvalue weighted by molar-refractivity contribution is 0.102. The van der Waals surface area contributed by atoms with E-state index in [9.17, 15) is 4.79 Å². The number of nitrogens with zero attached hydrogens (tertiary/aromatic N) is 6. The van der Waals surface area contributed by atoms with Gasteiger partial charge in [0.05, 0.1) is 35.3 Å². The molecule has 0 radical (unpaired) electrons. The molecule has 8 heteroatoms. The number of rotatable bonds is 3. The number of anilines is 1. The maximum Gasteiger partial charge on any atom is 0.275 e. The quantitative estimate of drug-likeness (QED) is 0.619. The molecule has 24 heavy (non-hydrogen) atoms. The predicted octanol–water partition coefficient (Wildman–Crippen LogP) is 1.86. The van der Waals surface area contributed by atoms with E-state index in [2.05, 4.69) is 30.2 Å². The molecule has 0 atom stereocenters. The van der Waals surface area contributed by atoms with Gasteiger partial charge in [-0.15, -0.1) is 0 Å². The molecular formula is C16H11N7O. The first-order chi connectivity index (χ1) is 11.8. The third kappa shape index (κ3) is 2.68. The number of imidazole rings is 1. The van der Waals surface area contributed by atoms with E-state index in [0.717, 1.165) is 5.52 Å². The minimum absolute atomic E-state index is 0.229. The van der Waals surface area contributed by atoms with Crippen molar-refractivity contribution in [3.8, 4) is 5.95 Å². The van der Waals surface area contributed by atoms with Crippen molar-refractivity contribution in [2.75, 3.05) is 5.32 Å². The normalized spacial score (nSPS) is 10.7. The Morgan fingerprint density at radius 1 is 1.00 bits per heavy atom. The third-order valence-corrected chi connectivity index (χ3v) is 3.31. The molecule has 0 unspecified atom stereocenters. The SMILES string of the molecule is O=C(Nc1cnc(-n2ccnc2)nc1)c1cnc2ccccc2n1. The fourth-order valence-electron chi connectivity index (χ4n) is 2.16. The number of aromatic nitrogens is 6. The summed E-state index contributed by atoms with van der Waals surface area (Å²) in [7, 11) is 0. The van der Waals surface area contributed by atoms with Gasteiger partial charge in [-0.25, -0.2) is 19.9 Å². The summed E-state index contributed by atoms with van der Waals surface area (Å²) in [6.45, 7) is 0. The van der Waals surface area contributed by atoms with E-state index in [1.54, 1.807) is 23.3 Å². The molecule has 1 N–H and O–H groups in total. The molecule has 1 amide bonds. The second kappa shape index (κ2) is 5.84. The Hall–Kier alpha value is -3.68. The van der Waals surface area contributed by atoms with Crippen LogP contribution in [0.15, 0.2) is 61.6 Å². The zero-order chi connectivity index (χ0) is 16.4. The summed E-state index contributed by atoms with van der Waals surface area (Å²) in [5, 5.41) is 2.70. The number of fused-ring (bicyclic) bond motifs is 1. The molecule has 1 aromatic carbocycles. The standard InChI is InChI=1S/C16H11N7O/c24-15(14-9-18-12-3-1-2-4-13(12)22-14)21-11-7-19-16(20-8-11)23-6-5-17-10-23/h1-10H,(H,21,24). The number of nitrogens with one attached hydrogen (secondary N) is 1. The second-order valence-corrected chi connectivity index (χ2v) is 4.94. The number of para-hydroxylation sites is 2. The molecule has 3 heterocycles. The highest BCUT2D eigenvalue weighted by molar-refractivity contribution is 6.03. The summed E-state index contributed by atoms with van der Waals surface area (Å²) in [5.74, 6) is 0.100. The Morgan fingerprint density at radius 3 is 2.54 bits per heavy atom. The molecule has 8 nitrogen and oxygen atoms in total. The van der Waals surface area contributed by atoms with E-state index in [1.165, 1.54) is 18.6 Å². The zero-order valence-corrected chi connectivity index (χ0v) is 12.4. The van der Waals surface area contributed by atoms with Crippen LogP contribution in [0, 0.1) is 0 Å². The summed E-state index contributed by atoms with van der Waals surface area (Å²) in [6, 6.07) is 7.37. The molecule has 0 aliphatic carbocycles. The van der Waals surface area contributed by atoms with Crippen molar-refractivity contribution in [1.29, 1.82) is 0 Å². The molecule has 3 aromatic heterocycles. The number of amides is 1.